The fourth-order valence-electron chi connectivity index (χ4n) is 2.26. The van der Waals surface area contributed by atoms with Crippen LogP contribution in [0.1, 0.15) is 41.8 Å². The Morgan fingerprint density at radius 1 is 1.32 bits per heavy atom. The first kappa shape index (κ1) is 13.6. The molecule has 1 atom stereocenters. The first-order valence-corrected chi connectivity index (χ1v) is 6.63. The number of furan rings is 1. The Bertz CT molecular complexity index is 528. The summed E-state index contributed by atoms with van der Waals surface area (Å²) in [5.74, 6) is 1.47. The summed E-state index contributed by atoms with van der Waals surface area (Å²) in [6, 6.07) is 3.91. The van der Waals surface area contributed by atoms with Crippen molar-refractivity contribution in [3.63, 3.8) is 0 Å². The van der Waals surface area contributed by atoms with E-state index in [2.05, 4.69) is 17.2 Å². The molecule has 0 aliphatic carbocycles. The summed E-state index contributed by atoms with van der Waals surface area (Å²) in [6.45, 7) is 7.13. The lowest BCUT2D eigenvalue weighted by Gasteiger charge is -2.21. The number of aryl methyl sites for hydroxylation is 2. The monoisotopic (exact) mass is 259 g/mol. The van der Waals surface area contributed by atoms with Gasteiger partial charge < -0.3 is 15.5 Å². The van der Waals surface area contributed by atoms with Gasteiger partial charge in [0, 0.05) is 11.8 Å². The zero-order valence-electron chi connectivity index (χ0n) is 11.7. The van der Waals surface area contributed by atoms with Crippen LogP contribution in [0.5, 0.6) is 0 Å². The minimum atomic E-state index is -0.0383. The highest BCUT2D eigenvalue weighted by molar-refractivity contribution is 5.49. The molecule has 1 unspecified atom stereocenters. The average molecular weight is 259 g/mol. The Balaban J connectivity index is 2.46. The van der Waals surface area contributed by atoms with Crippen LogP contribution in [0.3, 0.4) is 0 Å². The fourth-order valence-corrected chi connectivity index (χ4v) is 2.26. The van der Waals surface area contributed by atoms with Gasteiger partial charge in [-0.1, -0.05) is 6.92 Å². The summed E-state index contributed by atoms with van der Waals surface area (Å²) in [6.07, 6.45) is 4.50. The highest BCUT2D eigenvalue weighted by Crippen LogP contribution is 2.30. The second-order valence-corrected chi connectivity index (χ2v) is 4.78. The lowest BCUT2D eigenvalue weighted by molar-refractivity contribution is 0.443. The van der Waals surface area contributed by atoms with Gasteiger partial charge in [0.25, 0.3) is 0 Å². The predicted molar refractivity (Wildman–Crippen MR) is 77.0 cm³/mol. The fraction of sp³-hybridized carbons (Fsp3) is 0.400. The van der Waals surface area contributed by atoms with Crippen LogP contribution in [0.4, 0.5) is 5.82 Å². The standard InChI is InChI=1S/C15H21N3O/c1-4-7-17-13(14-11(3)6-9-19-14)12-10(2)5-8-18-15(12)16/h5-6,8-9,13,17H,4,7H2,1-3H3,(H2,16,18). The number of hydrogen-bond donors (Lipinski definition) is 2. The molecule has 4 heteroatoms. The maximum Gasteiger partial charge on any atom is 0.128 e. The molecule has 2 aromatic heterocycles. The van der Waals surface area contributed by atoms with E-state index in [1.54, 1.807) is 12.5 Å². The zero-order valence-corrected chi connectivity index (χ0v) is 11.7. The van der Waals surface area contributed by atoms with Gasteiger partial charge in [-0.15, -0.1) is 0 Å². The van der Waals surface area contributed by atoms with Gasteiger partial charge in [0.2, 0.25) is 0 Å². The number of anilines is 1. The third kappa shape index (κ3) is 2.79. The molecule has 2 rings (SSSR count). The summed E-state index contributed by atoms with van der Waals surface area (Å²) in [4.78, 5) is 4.20. The Morgan fingerprint density at radius 2 is 2.11 bits per heavy atom. The molecule has 0 fully saturated rings. The van der Waals surface area contributed by atoms with Crippen LogP contribution < -0.4 is 11.1 Å². The second kappa shape index (κ2) is 5.89. The maximum absolute atomic E-state index is 6.06. The highest BCUT2D eigenvalue weighted by Gasteiger charge is 2.23. The SMILES string of the molecule is CCCNC(c1occc1C)c1c(C)ccnc1N. The van der Waals surface area contributed by atoms with E-state index in [1.807, 2.05) is 26.0 Å². The lowest BCUT2D eigenvalue weighted by Crippen LogP contribution is -2.25. The van der Waals surface area contributed by atoms with Gasteiger partial charge >= 0.3 is 0 Å². The number of nitrogens with one attached hydrogen (secondary N) is 1. The molecular formula is C15H21N3O. The Labute approximate surface area is 114 Å². The third-order valence-corrected chi connectivity index (χ3v) is 3.29. The molecular weight excluding hydrogens is 238 g/mol. The van der Waals surface area contributed by atoms with Gasteiger partial charge in [-0.2, -0.15) is 0 Å². The van der Waals surface area contributed by atoms with Crippen molar-refractivity contribution in [2.24, 2.45) is 0 Å². The first-order chi connectivity index (χ1) is 9.15. The molecule has 0 saturated carbocycles. The maximum atomic E-state index is 6.06. The topological polar surface area (TPSA) is 64.1 Å². The molecule has 19 heavy (non-hydrogen) atoms. The van der Waals surface area contributed by atoms with Crippen molar-refractivity contribution in [3.05, 3.63) is 47.0 Å². The van der Waals surface area contributed by atoms with Crippen LogP contribution in [-0.4, -0.2) is 11.5 Å². The molecule has 3 N–H and O–H groups in total. The molecule has 2 aromatic rings. The van der Waals surface area contributed by atoms with E-state index >= 15 is 0 Å². The number of nitrogens with two attached hydrogens (primary N) is 1. The van der Waals surface area contributed by atoms with Gasteiger partial charge in [0.15, 0.2) is 0 Å². The number of rotatable bonds is 5. The van der Waals surface area contributed by atoms with Crippen molar-refractivity contribution in [2.45, 2.75) is 33.2 Å². The summed E-state index contributed by atoms with van der Waals surface area (Å²) < 4.78 is 5.64. The van der Waals surface area contributed by atoms with Gasteiger partial charge in [0.05, 0.1) is 12.3 Å². The van der Waals surface area contributed by atoms with Crippen molar-refractivity contribution < 1.29 is 4.42 Å². The molecule has 0 aromatic carbocycles. The smallest absolute Gasteiger partial charge is 0.128 e. The normalized spacial score (nSPS) is 12.6. The second-order valence-electron chi connectivity index (χ2n) is 4.78. The quantitative estimate of drug-likeness (QED) is 0.866. The van der Waals surface area contributed by atoms with Crippen molar-refractivity contribution in [1.82, 2.24) is 10.3 Å². The minimum absolute atomic E-state index is 0.0383. The van der Waals surface area contributed by atoms with Crippen LogP contribution in [0.2, 0.25) is 0 Å². The van der Waals surface area contributed by atoms with E-state index in [9.17, 15) is 0 Å². The summed E-state index contributed by atoms with van der Waals surface area (Å²) in [5, 5.41) is 3.50. The Hall–Kier alpha value is -1.81. The molecule has 0 saturated heterocycles. The summed E-state index contributed by atoms with van der Waals surface area (Å²) >= 11 is 0. The number of pyridine rings is 1. The molecule has 0 aliphatic rings. The predicted octanol–water partition coefficient (Wildman–Crippen LogP) is 2.96. The summed E-state index contributed by atoms with van der Waals surface area (Å²) in [7, 11) is 0. The molecule has 0 amide bonds. The van der Waals surface area contributed by atoms with Crippen molar-refractivity contribution in [1.29, 1.82) is 0 Å². The number of aromatic nitrogens is 1. The van der Waals surface area contributed by atoms with Crippen LogP contribution in [0.25, 0.3) is 0 Å². The van der Waals surface area contributed by atoms with Gasteiger partial charge in [-0.25, -0.2) is 4.98 Å². The van der Waals surface area contributed by atoms with Gasteiger partial charge in [-0.3, -0.25) is 0 Å². The minimum Gasteiger partial charge on any atom is -0.467 e. The third-order valence-electron chi connectivity index (χ3n) is 3.29. The van der Waals surface area contributed by atoms with E-state index in [0.717, 1.165) is 35.4 Å². The van der Waals surface area contributed by atoms with Crippen molar-refractivity contribution in [2.75, 3.05) is 12.3 Å². The van der Waals surface area contributed by atoms with Crippen LogP contribution >= 0.6 is 0 Å². The van der Waals surface area contributed by atoms with E-state index < -0.39 is 0 Å². The van der Waals surface area contributed by atoms with Gasteiger partial charge in [0.1, 0.15) is 11.6 Å². The first-order valence-electron chi connectivity index (χ1n) is 6.63. The lowest BCUT2D eigenvalue weighted by atomic mass is 9.98. The number of nitrogen functional groups attached to an aromatic ring is 1. The molecule has 4 nitrogen and oxygen atoms in total. The van der Waals surface area contributed by atoms with E-state index in [-0.39, 0.29) is 6.04 Å². The average Bonchev–Trinajstić information content (AvgIpc) is 2.79. The van der Waals surface area contributed by atoms with Crippen LogP contribution in [0, 0.1) is 13.8 Å². The van der Waals surface area contributed by atoms with E-state index in [4.69, 9.17) is 10.2 Å². The number of hydrogen-bond acceptors (Lipinski definition) is 4. The van der Waals surface area contributed by atoms with Crippen molar-refractivity contribution in [3.8, 4) is 0 Å². The van der Waals surface area contributed by atoms with E-state index in [0.29, 0.717) is 5.82 Å². The number of nitrogens with zero attached hydrogens (tertiary/aromatic N) is 1. The molecule has 2 heterocycles. The largest absolute Gasteiger partial charge is 0.467 e. The molecule has 0 radical (unpaired) electrons. The molecule has 0 aliphatic heterocycles. The Morgan fingerprint density at radius 3 is 2.68 bits per heavy atom. The molecule has 0 spiro atoms. The van der Waals surface area contributed by atoms with Gasteiger partial charge in [-0.05, 0) is 50.1 Å². The van der Waals surface area contributed by atoms with Crippen LogP contribution in [-0.2, 0) is 0 Å². The van der Waals surface area contributed by atoms with Crippen molar-refractivity contribution >= 4 is 5.82 Å². The zero-order chi connectivity index (χ0) is 13.8. The molecule has 0 bridgehead atoms. The molecule has 102 valence electrons. The summed E-state index contributed by atoms with van der Waals surface area (Å²) in [5.41, 5.74) is 9.31. The van der Waals surface area contributed by atoms with Crippen LogP contribution in [0.15, 0.2) is 29.0 Å². The van der Waals surface area contributed by atoms with E-state index in [1.165, 1.54) is 0 Å². The highest BCUT2D eigenvalue weighted by atomic mass is 16.3. The Kier molecular flexibility index (Phi) is 4.22.